The zero-order valence-corrected chi connectivity index (χ0v) is 24.2. The number of aromatic nitrogens is 3. The van der Waals surface area contributed by atoms with Crippen LogP contribution in [0.1, 0.15) is 32.4 Å². The van der Waals surface area contributed by atoms with Crippen molar-refractivity contribution in [3.8, 4) is 0 Å². The van der Waals surface area contributed by atoms with Gasteiger partial charge in [0.25, 0.3) is 0 Å². The van der Waals surface area contributed by atoms with Gasteiger partial charge in [-0.1, -0.05) is 12.1 Å². The third-order valence-electron chi connectivity index (χ3n) is 7.93. The molecule has 2 aromatic rings. The lowest BCUT2D eigenvalue weighted by Crippen LogP contribution is -2.48. The number of carbonyl (C=O) groups excluding carboxylic acids is 2. The summed E-state index contributed by atoms with van der Waals surface area (Å²) in [6, 6.07) is 7.41. The molecule has 4 rings (SSSR count). The molecule has 2 aliphatic rings. The summed E-state index contributed by atoms with van der Waals surface area (Å²) in [5.74, 6) is -0.111. The molecular weight excluding hydrogens is 512 g/mol. The average Bonchev–Trinajstić information content (AvgIpc) is 3.40. The van der Waals surface area contributed by atoms with Crippen molar-refractivity contribution in [2.75, 3.05) is 70.2 Å². The van der Waals surface area contributed by atoms with Crippen LogP contribution in [0.4, 0.5) is 16.2 Å². The Hall–Kier alpha value is -3.22. The summed E-state index contributed by atoms with van der Waals surface area (Å²) < 4.78 is 8.10. The van der Waals surface area contributed by atoms with Crippen LogP contribution < -0.4 is 10.2 Å². The standard InChI is InChI=1S/C28H44N8O4/c1-21-17-35(22(2)19-37)27(38)6-5-11-36-25(16-29-31-36)20-40-26(21)18-33(4)28(39)30-23-7-9-24(10-8-23)34-14-12-32(3)13-15-34/h7-10,16,21-22,26,37H,5-6,11-15,17-20H2,1-4H3,(H,30,39)/t21-,22-,26-/m1/s1. The lowest BCUT2D eigenvalue weighted by Gasteiger charge is -2.35. The first-order valence-corrected chi connectivity index (χ1v) is 14.2. The van der Waals surface area contributed by atoms with Gasteiger partial charge in [0.15, 0.2) is 0 Å². The monoisotopic (exact) mass is 556 g/mol. The van der Waals surface area contributed by atoms with Gasteiger partial charge in [0.2, 0.25) is 5.91 Å². The molecule has 1 saturated heterocycles. The fourth-order valence-corrected chi connectivity index (χ4v) is 5.14. The number of nitrogens with zero attached hydrogens (tertiary/aromatic N) is 7. The maximum Gasteiger partial charge on any atom is 0.321 e. The summed E-state index contributed by atoms with van der Waals surface area (Å²) in [6.45, 7) is 9.39. The van der Waals surface area contributed by atoms with Crippen molar-refractivity contribution in [3.63, 3.8) is 0 Å². The Morgan fingerprint density at radius 2 is 1.93 bits per heavy atom. The number of urea groups is 1. The number of nitrogens with one attached hydrogen (secondary N) is 1. The Morgan fingerprint density at radius 3 is 2.62 bits per heavy atom. The van der Waals surface area contributed by atoms with Crippen LogP contribution in [0.3, 0.4) is 0 Å². The normalized spacial score (nSPS) is 22.2. The van der Waals surface area contributed by atoms with E-state index in [4.69, 9.17) is 4.74 Å². The second-order valence-corrected chi connectivity index (χ2v) is 11.1. The Bertz CT molecular complexity index is 1100. The van der Waals surface area contributed by atoms with Crippen LogP contribution >= 0.6 is 0 Å². The first-order chi connectivity index (χ1) is 19.2. The molecular formula is C28H44N8O4. The van der Waals surface area contributed by atoms with Crippen LogP contribution in [0.25, 0.3) is 0 Å². The highest BCUT2D eigenvalue weighted by Gasteiger charge is 2.29. The molecule has 1 fully saturated rings. The van der Waals surface area contributed by atoms with E-state index in [-0.39, 0.29) is 36.6 Å². The average molecular weight is 557 g/mol. The summed E-state index contributed by atoms with van der Waals surface area (Å²) in [7, 11) is 3.88. The highest BCUT2D eigenvalue weighted by Crippen LogP contribution is 2.21. The quantitative estimate of drug-likeness (QED) is 0.552. The molecule has 1 aromatic carbocycles. The Labute approximate surface area is 236 Å². The van der Waals surface area contributed by atoms with E-state index < -0.39 is 0 Å². The minimum atomic E-state index is -0.362. The second kappa shape index (κ2) is 13.9. The van der Waals surface area contributed by atoms with Gasteiger partial charge in [0.1, 0.15) is 0 Å². The number of hydrogen-bond donors (Lipinski definition) is 2. The smallest absolute Gasteiger partial charge is 0.321 e. The number of ether oxygens (including phenoxy) is 1. The van der Waals surface area contributed by atoms with Gasteiger partial charge in [-0.2, -0.15) is 0 Å². The first kappa shape index (κ1) is 29.8. The molecule has 0 unspecified atom stereocenters. The molecule has 0 saturated carbocycles. The summed E-state index contributed by atoms with van der Waals surface area (Å²) in [4.78, 5) is 34.2. The fraction of sp³-hybridized carbons (Fsp3) is 0.643. The molecule has 40 heavy (non-hydrogen) atoms. The lowest BCUT2D eigenvalue weighted by molar-refractivity contribution is -0.136. The molecule has 3 heterocycles. The third kappa shape index (κ3) is 7.70. The number of aliphatic hydroxyl groups excluding tert-OH is 1. The van der Waals surface area contributed by atoms with Crippen LogP contribution in [-0.4, -0.2) is 119 Å². The van der Waals surface area contributed by atoms with E-state index in [1.54, 1.807) is 27.7 Å². The fourth-order valence-electron chi connectivity index (χ4n) is 5.14. The molecule has 0 spiro atoms. The van der Waals surface area contributed by atoms with Crippen LogP contribution in [0.2, 0.25) is 0 Å². The number of piperazine rings is 1. The number of likely N-dealkylation sites (N-methyl/N-ethyl adjacent to an activating group) is 2. The molecule has 12 heteroatoms. The number of anilines is 2. The van der Waals surface area contributed by atoms with Crippen molar-refractivity contribution < 1.29 is 19.4 Å². The molecule has 12 nitrogen and oxygen atoms in total. The van der Waals surface area contributed by atoms with Crippen LogP contribution in [-0.2, 0) is 22.7 Å². The number of rotatable bonds is 6. The third-order valence-corrected chi connectivity index (χ3v) is 7.93. The maximum atomic E-state index is 13.1. The Kier molecular flexibility index (Phi) is 10.3. The van der Waals surface area contributed by atoms with E-state index in [0.717, 1.165) is 43.2 Å². The van der Waals surface area contributed by atoms with E-state index in [9.17, 15) is 14.7 Å². The molecule has 220 valence electrons. The van der Waals surface area contributed by atoms with Crippen LogP contribution in [0, 0.1) is 5.92 Å². The summed E-state index contributed by atoms with van der Waals surface area (Å²) in [5, 5.41) is 20.9. The number of aliphatic hydroxyl groups is 1. The summed E-state index contributed by atoms with van der Waals surface area (Å²) in [6.07, 6.45) is 2.30. The minimum Gasteiger partial charge on any atom is -0.394 e. The summed E-state index contributed by atoms with van der Waals surface area (Å²) >= 11 is 0. The molecule has 0 radical (unpaired) electrons. The SMILES string of the molecule is C[C@@H]1CN([C@H](C)CO)C(=O)CCCn2nncc2CO[C@@H]1CN(C)C(=O)Nc1ccc(N2CCN(C)CC2)cc1. The number of aryl methyl sites for hydroxylation is 1. The van der Waals surface area contributed by atoms with Crippen LogP contribution in [0.5, 0.6) is 0 Å². The highest BCUT2D eigenvalue weighted by molar-refractivity contribution is 5.89. The zero-order valence-electron chi connectivity index (χ0n) is 24.2. The van der Waals surface area contributed by atoms with Crippen molar-refractivity contribution in [2.45, 2.75) is 52.0 Å². The minimum absolute atomic E-state index is 0.0134. The van der Waals surface area contributed by atoms with Crippen LogP contribution in [0.15, 0.2) is 30.5 Å². The van der Waals surface area contributed by atoms with Gasteiger partial charge in [-0.3, -0.25) is 4.79 Å². The van der Waals surface area contributed by atoms with E-state index >= 15 is 0 Å². The van der Waals surface area contributed by atoms with Crippen molar-refractivity contribution in [1.29, 1.82) is 0 Å². The Balaban J connectivity index is 1.41. The lowest BCUT2D eigenvalue weighted by atomic mass is 10.0. The number of amides is 3. The van der Waals surface area contributed by atoms with Gasteiger partial charge in [-0.05, 0) is 44.7 Å². The number of benzene rings is 1. The van der Waals surface area contributed by atoms with Gasteiger partial charge in [-0.25, -0.2) is 9.48 Å². The van der Waals surface area contributed by atoms with E-state index in [1.807, 2.05) is 38.1 Å². The van der Waals surface area contributed by atoms with Crippen molar-refractivity contribution in [2.24, 2.45) is 5.92 Å². The molecule has 2 N–H and O–H groups in total. The Morgan fingerprint density at radius 1 is 1.20 bits per heavy atom. The van der Waals surface area contributed by atoms with E-state index in [1.165, 1.54) is 0 Å². The first-order valence-electron chi connectivity index (χ1n) is 14.2. The highest BCUT2D eigenvalue weighted by atomic mass is 16.5. The topological polar surface area (TPSA) is 119 Å². The number of carbonyl (C=O) groups is 2. The molecule has 2 aliphatic heterocycles. The second-order valence-electron chi connectivity index (χ2n) is 11.1. The molecule has 3 atom stereocenters. The van der Waals surface area contributed by atoms with Gasteiger partial charge in [-0.15, -0.1) is 5.10 Å². The largest absolute Gasteiger partial charge is 0.394 e. The van der Waals surface area contributed by atoms with Gasteiger partial charge in [0.05, 0.1) is 37.3 Å². The van der Waals surface area contributed by atoms with Gasteiger partial charge >= 0.3 is 6.03 Å². The predicted molar refractivity (Wildman–Crippen MR) is 153 cm³/mol. The maximum absolute atomic E-state index is 13.1. The number of fused-ring (bicyclic) bond motifs is 1. The molecule has 0 aliphatic carbocycles. The molecule has 3 amide bonds. The summed E-state index contributed by atoms with van der Waals surface area (Å²) in [5.41, 5.74) is 2.71. The van der Waals surface area contributed by atoms with E-state index in [0.29, 0.717) is 39.1 Å². The van der Waals surface area contributed by atoms with Crippen molar-refractivity contribution in [1.82, 2.24) is 29.7 Å². The van der Waals surface area contributed by atoms with Crippen molar-refractivity contribution in [3.05, 3.63) is 36.2 Å². The zero-order chi connectivity index (χ0) is 28.6. The molecule has 0 bridgehead atoms. The number of hydrogen-bond acceptors (Lipinski definition) is 8. The van der Waals surface area contributed by atoms with E-state index in [2.05, 4.69) is 32.5 Å². The van der Waals surface area contributed by atoms with Gasteiger partial charge < -0.3 is 34.8 Å². The predicted octanol–water partition coefficient (Wildman–Crippen LogP) is 1.72. The van der Waals surface area contributed by atoms with Gasteiger partial charge in [0, 0.05) is 76.6 Å². The van der Waals surface area contributed by atoms with Crippen molar-refractivity contribution >= 4 is 23.3 Å². The molecule has 1 aromatic heterocycles.